The molecule has 2 aromatic carbocycles. The molecule has 0 aliphatic carbocycles. The van der Waals surface area contributed by atoms with Crippen molar-refractivity contribution in [3.8, 4) is 5.75 Å². The topological polar surface area (TPSA) is 79.5 Å². The summed E-state index contributed by atoms with van der Waals surface area (Å²) in [6.45, 7) is 0.372. The SMILES string of the molecule is COc1ccc(NCC(=O)NC(=O)NCc2ccccc2)cc1. The van der Waals surface area contributed by atoms with Crippen molar-refractivity contribution in [2.24, 2.45) is 0 Å². The van der Waals surface area contributed by atoms with E-state index in [1.54, 1.807) is 31.4 Å². The summed E-state index contributed by atoms with van der Waals surface area (Å²) in [7, 11) is 1.59. The molecule has 3 amide bonds. The lowest BCUT2D eigenvalue weighted by Crippen LogP contribution is -2.41. The average molecular weight is 313 g/mol. The summed E-state index contributed by atoms with van der Waals surface area (Å²) in [5, 5.41) is 7.82. The Morgan fingerprint density at radius 1 is 1.00 bits per heavy atom. The van der Waals surface area contributed by atoms with Crippen molar-refractivity contribution in [3.05, 3.63) is 60.2 Å². The Morgan fingerprint density at radius 2 is 1.70 bits per heavy atom. The highest BCUT2D eigenvalue weighted by Gasteiger charge is 2.07. The first-order valence-corrected chi connectivity index (χ1v) is 7.17. The predicted octanol–water partition coefficient (Wildman–Crippen LogP) is 2.13. The Hall–Kier alpha value is -3.02. The van der Waals surface area contributed by atoms with Crippen LogP contribution in [0.15, 0.2) is 54.6 Å². The van der Waals surface area contributed by atoms with Gasteiger partial charge in [-0.15, -0.1) is 0 Å². The lowest BCUT2D eigenvalue weighted by Gasteiger charge is -2.09. The third-order valence-electron chi connectivity index (χ3n) is 3.09. The van der Waals surface area contributed by atoms with Crippen molar-refractivity contribution in [2.45, 2.75) is 6.54 Å². The highest BCUT2D eigenvalue weighted by atomic mass is 16.5. The molecule has 0 aliphatic rings. The number of rotatable bonds is 6. The van der Waals surface area contributed by atoms with Gasteiger partial charge in [-0.2, -0.15) is 0 Å². The normalized spacial score (nSPS) is 9.78. The molecule has 0 aliphatic heterocycles. The number of methoxy groups -OCH3 is 1. The van der Waals surface area contributed by atoms with E-state index in [0.29, 0.717) is 6.54 Å². The fraction of sp³-hybridized carbons (Fsp3) is 0.176. The fourth-order valence-corrected chi connectivity index (χ4v) is 1.88. The average Bonchev–Trinajstić information content (AvgIpc) is 2.59. The maximum Gasteiger partial charge on any atom is 0.321 e. The lowest BCUT2D eigenvalue weighted by atomic mass is 10.2. The number of amides is 3. The number of ether oxygens (including phenoxy) is 1. The molecular formula is C17H19N3O3. The van der Waals surface area contributed by atoms with Crippen LogP contribution < -0.4 is 20.7 Å². The van der Waals surface area contributed by atoms with Crippen LogP contribution in [0.3, 0.4) is 0 Å². The second kappa shape index (κ2) is 8.43. The molecule has 0 saturated carbocycles. The molecule has 0 radical (unpaired) electrons. The molecule has 3 N–H and O–H groups in total. The van der Waals surface area contributed by atoms with E-state index in [-0.39, 0.29) is 6.54 Å². The number of benzene rings is 2. The maximum absolute atomic E-state index is 11.7. The van der Waals surface area contributed by atoms with Gasteiger partial charge >= 0.3 is 6.03 Å². The van der Waals surface area contributed by atoms with E-state index < -0.39 is 11.9 Å². The molecule has 0 unspecified atom stereocenters. The third kappa shape index (κ3) is 5.70. The van der Waals surface area contributed by atoms with Crippen molar-refractivity contribution >= 4 is 17.6 Å². The van der Waals surface area contributed by atoms with Crippen molar-refractivity contribution < 1.29 is 14.3 Å². The molecule has 120 valence electrons. The molecule has 2 rings (SSSR count). The second-order valence-corrected chi connectivity index (χ2v) is 4.80. The smallest absolute Gasteiger partial charge is 0.321 e. The van der Waals surface area contributed by atoms with Crippen molar-refractivity contribution in [1.29, 1.82) is 0 Å². The van der Waals surface area contributed by atoms with Crippen LogP contribution in [0.5, 0.6) is 5.75 Å². The van der Waals surface area contributed by atoms with E-state index in [9.17, 15) is 9.59 Å². The number of hydrogen-bond acceptors (Lipinski definition) is 4. The number of imide groups is 1. The van der Waals surface area contributed by atoms with Gasteiger partial charge in [0.2, 0.25) is 5.91 Å². The minimum absolute atomic E-state index is 0.00505. The summed E-state index contributed by atoms with van der Waals surface area (Å²) < 4.78 is 5.05. The summed E-state index contributed by atoms with van der Waals surface area (Å²) in [6.07, 6.45) is 0. The molecule has 0 fully saturated rings. The van der Waals surface area contributed by atoms with E-state index in [4.69, 9.17) is 4.74 Å². The van der Waals surface area contributed by atoms with E-state index >= 15 is 0 Å². The van der Waals surface area contributed by atoms with Gasteiger partial charge in [-0.25, -0.2) is 4.79 Å². The number of carbonyl (C=O) groups is 2. The highest BCUT2D eigenvalue weighted by molar-refractivity contribution is 5.96. The van der Waals surface area contributed by atoms with Gasteiger partial charge in [0, 0.05) is 12.2 Å². The van der Waals surface area contributed by atoms with E-state index in [1.165, 1.54) is 0 Å². The number of nitrogens with one attached hydrogen (secondary N) is 3. The second-order valence-electron chi connectivity index (χ2n) is 4.80. The Morgan fingerprint density at radius 3 is 2.35 bits per heavy atom. The number of hydrogen-bond donors (Lipinski definition) is 3. The van der Waals surface area contributed by atoms with Crippen LogP contribution >= 0.6 is 0 Å². The van der Waals surface area contributed by atoms with Gasteiger partial charge in [0.1, 0.15) is 5.75 Å². The molecule has 0 atom stereocenters. The molecule has 0 spiro atoms. The van der Waals surface area contributed by atoms with E-state index in [0.717, 1.165) is 17.0 Å². The van der Waals surface area contributed by atoms with Crippen LogP contribution in [-0.2, 0) is 11.3 Å². The number of carbonyl (C=O) groups excluding carboxylic acids is 2. The Bertz CT molecular complexity index is 642. The Kier molecular flexibility index (Phi) is 5.99. The minimum Gasteiger partial charge on any atom is -0.497 e. The first-order valence-electron chi connectivity index (χ1n) is 7.17. The molecule has 2 aromatic rings. The Labute approximate surface area is 134 Å². The van der Waals surface area contributed by atoms with Crippen molar-refractivity contribution in [2.75, 3.05) is 19.0 Å². The fourth-order valence-electron chi connectivity index (χ4n) is 1.88. The van der Waals surface area contributed by atoms with Crippen molar-refractivity contribution in [3.63, 3.8) is 0 Å². The highest BCUT2D eigenvalue weighted by Crippen LogP contribution is 2.14. The zero-order valence-corrected chi connectivity index (χ0v) is 12.8. The lowest BCUT2D eigenvalue weighted by molar-refractivity contribution is -0.118. The van der Waals surface area contributed by atoms with Gasteiger partial charge in [-0.1, -0.05) is 30.3 Å². The van der Waals surface area contributed by atoms with E-state index in [1.807, 2.05) is 30.3 Å². The number of anilines is 1. The molecule has 0 bridgehead atoms. The largest absolute Gasteiger partial charge is 0.497 e. The van der Waals surface area contributed by atoms with Gasteiger partial charge in [0.05, 0.1) is 13.7 Å². The summed E-state index contributed by atoms with van der Waals surface area (Å²) in [5.41, 5.74) is 1.73. The maximum atomic E-state index is 11.7. The summed E-state index contributed by atoms with van der Waals surface area (Å²) in [6, 6.07) is 16.1. The summed E-state index contributed by atoms with van der Waals surface area (Å²) in [5.74, 6) is 0.326. The minimum atomic E-state index is -0.518. The van der Waals surface area contributed by atoms with Gasteiger partial charge in [-0.05, 0) is 29.8 Å². The van der Waals surface area contributed by atoms with Gasteiger partial charge < -0.3 is 15.4 Å². The number of urea groups is 1. The predicted molar refractivity (Wildman–Crippen MR) is 88.3 cm³/mol. The van der Waals surface area contributed by atoms with Crippen LogP contribution in [0.2, 0.25) is 0 Å². The quantitative estimate of drug-likeness (QED) is 0.763. The standard InChI is InChI=1S/C17H19N3O3/c1-23-15-9-7-14(8-10-15)18-12-16(21)20-17(22)19-11-13-5-3-2-4-6-13/h2-10,18H,11-12H2,1H3,(H2,19,20,21,22). The van der Waals surface area contributed by atoms with Gasteiger partial charge in [0.15, 0.2) is 0 Å². The molecule has 6 heteroatoms. The molecule has 0 heterocycles. The zero-order chi connectivity index (χ0) is 16.5. The zero-order valence-electron chi connectivity index (χ0n) is 12.8. The van der Waals surface area contributed by atoms with Crippen LogP contribution in [0.4, 0.5) is 10.5 Å². The van der Waals surface area contributed by atoms with Crippen LogP contribution in [-0.4, -0.2) is 25.6 Å². The monoisotopic (exact) mass is 313 g/mol. The molecule has 6 nitrogen and oxygen atoms in total. The molecule has 23 heavy (non-hydrogen) atoms. The van der Waals surface area contributed by atoms with Crippen molar-refractivity contribution in [1.82, 2.24) is 10.6 Å². The first kappa shape index (κ1) is 16.4. The van der Waals surface area contributed by atoms with Crippen LogP contribution in [0, 0.1) is 0 Å². The first-order chi connectivity index (χ1) is 11.2. The summed E-state index contributed by atoms with van der Waals surface area (Å²) >= 11 is 0. The third-order valence-corrected chi connectivity index (χ3v) is 3.09. The van der Waals surface area contributed by atoms with Gasteiger partial charge in [-0.3, -0.25) is 10.1 Å². The summed E-state index contributed by atoms with van der Waals surface area (Å²) in [4.78, 5) is 23.3. The van der Waals surface area contributed by atoms with Gasteiger partial charge in [0.25, 0.3) is 0 Å². The molecular weight excluding hydrogens is 294 g/mol. The Balaban J connectivity index is 1.70. The molecule has 0 aromatic heterocycles. The van der Waals surface area contributed by atoms with Crippen LogP contribution in [0.1, 0.15) is 5.56 Å². The van der Waals surface area contributed by atoms with E-state index in [2.05, 4.69) is 16.0 Å². The molecule has 0 saturated heterocycles. The van der Waals surface area contributed by atoms with Crippen LogP contribution in [0.25, 0.3) is 0 Å².